The van der Waals surface area contributed by atoms with Crippen molar-refractivity contribution in [2.75, 3.05) is 25.0 Å². The molecule has 0 amide bonds. The Morgan fingerprint density at radius 2 is 2.35 bits per heavy atom. The molecular weight excluding hydrogens is 212 g/mol. The molecule has 0 aromatic carbocycles. The van der Waals surface area contributed by atoms with Gasteiger partial charge in [-0.15, -0.1) is 0 Å². The van der Waals surface area contributed by atoms with Gasteiger partial charge in [-0.3, -0.25) is 4.90 Å². The van der Waals surface area contributed by atoms with E-state index in [1.54, 1.807) is 12.3 Å². The first-order valence-corrected chi connectivity index (χ1v) is 6.17. The molecule has 1 aliphatic rings. The van der Waals surface area contributed by atoms with Gasteiger partial charge in [0.1, 0.15) is 11.8 Å². The minimum atomic E-state index is 0.462. The smallest absolute Gasteiger partial charge is 0.140 e. The highest BCUT2D eigenvalue weighted by Gasteiger charge is 2.26. The van der Waals surface area contributed by atoms with Gasteiger partial charge in [-0.25, -0.2) is 4.98 Å². The van der Waals surface area contributed by atoms with Gasteiger partial charge in [0.05, 0.1) is 11.9 Å². The summed E-state index contributed by atoms with van der Waals surface area (Å²) in [6, 6.07) is 6.47. The Morgan fingerprint density at radius 3 is 2.88 bits per heavy atom. The molecule has 1 N–H and O–H groups in total. The first kappa shape index (κ1) is 11.9. The van der Waals surface area contributed by atoms with E-state index >= 15 is 0 Å². The van der Waals surface area contributed by atoms with Crippen molar-refractivity contribution in [1.82, 2.24) is 9.88 Å². The molecule has 0 radical (unpaired) electrons. The molecule has 2 rings (SSSR count). The summed E-state index contributed by atoms with van der Waals surface area (Å²) >= 11 is 0. The Balaban J connectivity index is 1.75. The Hall–Kier alpha value is -1.60. The van der Waals surface area contributed by atoms with Crippen molar-refractivity contribution in [3.8, 4) is 6.07 Å². The van der Waals surface area contributed by atoms with E-state index in [0.717, 1.165) is 31.4 Å². The third-order valence-corrected chi connectivity index (χ3v) is 3.08. The average Bonchev–Trinajstić information content (AvgIpc) is 3.20. The van der Waals surface area contributed by atoms with E-state index in [4.69, 9.17) is 5.26 Å². The molecule has 0 atom stereocenters. The lowest BCUT2D eigenvalue weighted by Gasteiger charge is -2.20. The number of anilines is 1. The van der Waals surface area contributed by atoms with Crippen molar-refractivity contribution in [1.29, 1.82) is 5.26 Å². The van der Waals surface area contributed by atoms with Gasteiger partial charge >= 0.3 is 0 Å². The minimum Gasteiger partial charge on any atom is -0.383 e. The van der Waals surface area contributed by atoms with Gasteiger partial charge in [0.2, 0.25) is 0 Å². The van der Waals surface area contributed by atoms with Crippen LogP contribution in [0.3, 0.4) is 0 Å². The quantitative estimate of drug-likeness (QED) is 0.810. The van der Waals surface area contributed by atoms with Gasteiger partial charge in [-0.1, -0.05) is 6.92 Å². The molecule has 1 aromatic heterocycles. The highest BCUT2D eigenvalue weighted by molar-refractivity contribution is 5.42. The predicted octanol–water partition coefficient (Wildman–Crippen LogP) is 1.85. The van der Waals surface area contributed by atoms with Crippen LogP contribution in [-0.2, 0) is 0 Å². The van der Waals surface area contributed by atoms with Crippen LogP contribution in [0.1, 0.15) is 25.5 Å². The lowest BCUT2D eigenvalue weighted by molar-refractivity contribution is 0.289. The third-order valence-electron chi connectivity index (χ3n) is 3.08. The van der Waals surface area contributed by atoms with Gasteiger partial charge in [-0.2, -0.15) is 5.26 Å². The monoisotopic (exact) mass is 230 g/mol. The number of nitriles is 1. The lowest BCUT2D eigenvalue weighted by Crippen LogP contribution is -2.30. The predicted molar refractivity (Wildman–Crippen MR) is 67.7 cm³/mol. The second kappa shape index (κ2) is 5.65. The van der Waals surface area contributed by atoms with Gasteiger partial charge in [0.25, 0.3) is 0 Å². The van der Waals surface area contributed by atoms with Crippen LogP contribution in [0.25, 0.3) is 0 Å². The Labute approximate surface area is 102 Å². The highest BCUT2D eigenvalue weighted by atomic mass is 15.2. The minimum absolute atomic E-state index is 0.462. The SMILES string of the molecule is CCN(CCNc1ccc(C#N)nc1)C1CC1. The zero-order chi connectivity index (χ0) is 12.1. The molecule has 1 aromatic rings. The maximum atomic E-state index is 8.64. The largest absolute Gasteiger partial charge is 0.383 e. The van der Waals surface area contributed by atoms with Crippen LogP contribution in [-0.4, -0.2) is 35.6 Å². The number of pyridine rings is 1. The number of hydrogen-bond donors (Lipinski definition) is 1. The molecule has 0 unspecified atom stereocenters. The standard InChI is InChI=1S/C13H18N4/c1-2-17(13-5-6-13)8-7-15-12-4-3-11(9-14)16-10-12/h3-4,10,13,15H,2,5-8H2,1H3. The highest BCUT2D eigenvalue weighted by Crippen LogP contribution is 2.25. The molecule has 90 valence electrons. The first-order chi connectivity index (χ1) is 8.33. The maximum Gasteiger partial charge on any atom is 0.140 e. The summed E-state index contributed by atoms with van der Waals surface area (Å²) in [5.41, 5.74) is 1.44. The van der Waals surface area contributed by atoms with Crippen molar-refractivity contribution in [2.45, 2.75) is 25.8 Å². The topological polar surface area (TPSA) is 52.0 Å². The average molecular weight is 230 g/mol. The molecule has 1 saturated carbocycles. The van der Waals surface area contributed by atoms with E-state index in [1.807, 2.05) is 12.1 Å². The summed E-state index contributed by atoms with van der Waals surface area (Å²) in [6.45, 7) is 5.33. The van der Waals surface area contributed by atoms with Crippen LogP contribution >= 0.6 is 0 Å². The van der Waals surface area contributed by atoms with Gasteiger partial charge in [-0.05, 0) is 31.5 Å². The van der Waals surface area contributed by atoms with Crippen molar-refractivity contribution < 1.29 is 0 Å². The summed E-state index contributed by atoms with van der Waals surface area (Å²) in [5, 5.41) is 12.0. The zero-order valence-corrected chi connectivity index (χ0v) is 10.2. The molecule has 0 saturated heterocycles. The molecule has 4 heteroatoms. The number of rotatable bonds is 6. The second-order valence-electron chi connectivity index (χ2n) is 4.33. The molecule has 4 nitrogen and oxygen atoms in total. The molecule has 0 bridgehead atoms. The third kappa shape index (κ3) is 3.43. The second-order valence-corrected chi connectivity index (χ2v) is 4.33. The van der Waals surface area contributed by atoms with E-state index in [-0.39, 0.29) is 0 Å². The fourth-order valence-corrected chi connectivity index (χ4v) is 1.95. The van der Waals surface area contributed by atoms with Crippen molar-refractivity contribution in [2.24, 2.45) is 0 Å². The molecule has 0 spiro atoms. The lowest BCUT2D eigenvalue weighted by atomic mass is 10.3. The molecule has 1 heterocycles. The normalized spacial score (nSPS) is 14.6. The van der Waals surface area contributed by atoms with Crippen LogP contribution in [0.2, 0.25) is 0 Å². The summed E-state index contributed by atoms with van der Waals surface area (Å²) in [4.78, 5) is 6.53. The zero-order valence-electron chi connectivity index (χ0n) is 10.2. The van der Waals surface area contributed by atoms with Crippen molar-refractivity contribution in [3.05, 3.63) is 24.0 Å². The molecule has 1 fully saturated rings. The molecule has 1 aliphatic carbocycles. The fourth-order valence-electron chi connectivity index (χ4n) is 1.95. The molecule has 0 aliphatic heterocycles. The Kier molecular flexibility index (Phi) is 3.94. The van der Waals surface area contributed by atoms with Crippen LogP contribution < -0.4 is 5.32 Å². The summed E-state index contributed by atoms with van der Waals surface area (Å²) in [5.74, 6) is 0. The van der Waals surface area contributed by atoms with Crippen LogP contribution in [0.5, 0.6) is 0 Å². The van der Waals surface area contributed by atoms with Crippen molar-refractivity contribution >= 4 is 5.69 Å². The Bertz CT molecular complexity index is 389. The molecule has 17 heavy (non-hydrogen) atoms. The van der Waals surface area contributed by atoms with Crippen LogP contribution in [0, 0.1) is 11.3 Å². The van der Waals surface area contributed by atoms with Crippen LogP contribution in [0.4, 0.5) is 5.69 Å². The number of aromatic nitrogens is 1. The Morgan fingerprint density at radius 1 is 1.53 bits per heavy atom. The van der Waals surface area contributed by atoms with Crippen molar-refractivity contribution in [3.63, 3.8) is 0 Å². The fraction of sp³-hybridized carbons (Fsp3) is 0.538. The van der Waals surface area contributed by atoms with Gasteiger partial charge in [0, 0.05) is 19.1 Å². The number of hydrogen-bond acceptors (Lipinski definition) is 4. The summed E-state index contributed by atoms with van der Waals surface area (Å²) in [6.07, 6.45) is 4.42. The van der Waals surface area contributed by atoms with E-state index in [1.165, 1.54) is 12.8 Å². The van der Waals surface area contributed by atoms with Crippen LogP contribution in [0.15, 0.2) is 18.3 Å². The maximum absolute atomic E-state index is 8.64. The molecular formula is C13H18N4. The summed E-state index contributed by atoms with van der Waals surface area (Å²) < 4.78 is 0. The van der Waals surface area contributed by atoms with E-state index in [0.29, 0.717) is 5.69 Å². The van der Waals surface area contributed by atoms with E-state index in [2.05, 4.69) is 22.1 Å². The van der Waals surface area contributed by atoms with E-state index < -0.39 is 0 Å². The van der Waals surface area contributed by atoms with Gasteiger partial charge in [0.15, 0.2) is 0 Å². The number of nitrogens with one attached hydrogen (secondary N) is 1. The number of nitrogens with zero attached hydrogens (tertiary/aromatic N) is 3. The van der Waals surface area contributed by atoms with Gasteiger partial charge < -0.3 is 5.32 Å². The number of likely N-dealkylation sites (N-methyl/N-ethyl adjacent to an activating group) is 1. The van der Waals surface area contributed by atoms with E-state index in [9.17, 15) is 0 Å². The summed E-state index contributed by atoms with van der Waals surface area (Å²) in [7, 11) is 0. The first-order valence-electron chi connectivity index (χ1n) is 6.17.